The Kier molecular flexibility index (Phi) is 25.4. The summed E-state index contributed by atoms with van der Waals surface area (Å²) in [6.45, 7) is 13.9. The molecule has 0 atom stereocenters. The van der Waals surface area contributed by atoms with Crippen molar-refractivity contribution in [1.82, 2.24) is 0 Å². The first-order valence-corrected chi connectivity index (χ1v) is 24.8. The maximum atomic E-state index is 6.34. The van der Waals surface area contributed by atoms with E-state index in [1.54, 1.807) is 0 Å². The molecule has 0 amide bonds. The number of hydrogen-bond acceptors (Lipinski definition) is 8. The van der Waals surface area contributed by atoms with E-state index in [1.165, 1.54) is 0 Å². The quantitative estimate of drug-likeness (QED) is 0.0284. The smallest absolute Gasteiger partial charge is 0.123 e. The normalized spacial score (nSPS) is 12.7. The number of hydrogen-bond donors (Lipinski definition) is 4. The van der Waals surface area contributed by atoms with Gasteiger partial charge in [-0.3, -0.25) is 0 Å². The summed E-state index contributed by atoms with van der Waals surface area (Å²) in [6.07, 6.45) is 16.5. The van der Waals surface area contributed by atoms with Gasteiger partial charge in [-0.25, -0.2) is 0 Å². The molecule has 0 radical (unpaired) electrons. The highest BCUT2D eigenvalue weighted by Crippen LogP contribution is 2.27. The zero-order valence-electron chi connectivity index (χ0n) is 42.8. The summed E-state index contributed by atoms with van der Waals surface area (Å²) in [5.74, 6) is 3.30. The topological polar surface area (TPSA) is 141 Å². The summed E-state index contributed by atoms with van der Waals surface area (Å²) in [7, 11) is 18.1. The Morgan fingerprint density at radius 2 is 0.530 bits per heavy atom. The van der Waals surface area contributed by atoms with Crippen LogP contribution in [0.4, 0.5) is 0 Å². The van der Waals surface area contributed by atoms with Gasteiger partial charge in [-0.1, -0.05) is 48.6 Å². The lowest BCUT2D eigenvalue weighted by molar-refractivity contribution is -0.890. The van der Waals surface area contributed by atoms with E-state index in [1.807, 2.05) is 12.1 Å². The monoisotopic (exact) mass is 919 g/mol. The second kappa shape index (κ2) is 29.7. The van der Waals surface area contributed by atoms with E-state index in [4.69, 9.17) is 41.9 Å². The summed E-state index contributed by atoms with van der Waals surface area (Å²) < 4.78 is 29.1. The highest BCUT2D eigenvalue weighted by molar-refractivity contribution is 5.74. The van der Waals surface area contributed by atoms with Crippen LogP contribution in [0.2, 0.25) is 0 Å². The van der Waals surface area contributed by atoms with Crippen LogP contribution >= 0.6 is 0 Å². The Morgan fingerprint density at radius 1 is 0.318 bits per heavy atom. The zero-order chi connectivity index (χ0) is 48.3. The predicted octanol–water partition coefficient (Wildman–Crippen LogP) is 6.80. The Bertz CT molecular complexity index is 1620. The fraction of sp³-hybridized carbons (Fsp3) is 0.593. The molecule has 0 bridgehead atoms. The average Bonchev–Trinajstić information content (AvgIpc) is 3.28. The first kappa shape index (κ1) is 56.3. The summed E-state index contributed by atoms with van der Waals surface area (Å²) in [6, 6.07) is 21.1. The maximum absolute atomic E-state index is 6.34. The van der Waals surface area contributed by atoms with E-state index in [9.17, 15) is 0 Å². The second-order valence-electron chi connectivity index (χ2n) is 20.7. The molecular formula is C54H94N8O4+4. The van der Waals surface area contributed by atoms with Crippen molar-refractivity contribution in [3.63, 3.8) is 0 Å². The molecule has 0 spiro atoms. The van der Waals surface area contributed by atoms with Crippen molar-refractivity contribution in [3.8, 4) is 23.0 Å². The molecule has 12 nitrogen and oxygen atoms in total. The van der Waals surface area contributed by atoms with E-state index >= 15 is 0 Å². The van der Waals surface area contributed by atoms with Gasteiger partial charge < -0.3 is 59.8 Å². The molecule has 0 aliphatic heterocycles. The van der Waals surface area contributed by atoms with Crippen LogP contribution in [-0.4, -0.2) is 179 Å². The molecule has 3 aromatic carbocycles. The third-order valence-electron chi connectivity index (χ3n) is 12.3. The van der Waals surface area contributed by atoms with E-state index < -0.39 is 0 Å². The molecule has 0 aliphatic rings. The Balaban J connectivity index is 1.72. The number of nitrogens with zero attached hydrogens (tertiary/aromatic N) is 4. The van der Waals surface area contributed by atoms with Crippen LogP contribution in [0.15, 0.2) is 60.7 Å². The van der Waals surface area contributed by atoms with Crippen molar-refractivity contribution in [1.29, 1.82) is 0 Å². The second-order valence-corrected chi connectivity index (χ2v) is 20.7. The van der Waals surface area contributed by atoms with Gasteiger partial charge in [-0.2, -0.15) is 0 Å². The summed E-state index contributed by atoms with van der Waals surface area (Å²) in [5, 5.41) is 0. The SMILES string of the molecule is C[N+](C)(CCCN)CCCOc1cc(/C=C/c2ccc(/C=C/c3cc(OCCC[N+](C)(C)CCCN)cc(OCCC[N+](C)(C)CCCN)c3)cc2)cc(OCCC[N+](C)(C)CCCN)c1. The molecule has 3 aromatic rings. The van der Waals surface area contributed by atoms with Crippen LogP contribution < -0.4 is 41.9 Å². The molecule has 0 unspecified atom stereocenters. The fourth-order valence-electron chi connectivity index (χ4n) is 8.07. The van der Waals surface area contributed by atoms with Gasteiger partial charge in [0, 0.05) is 63.5 Å². The Labute approximate surface area is 401 Å². The highest BCUT2D eigenvalue weighted by Gasteiger charge is 2.17. The molecule has 8 N–H and O–H groups in total. The molecule has 0 fully saturated rings. The van der Waals surface area contributed by atoms with Gasteiger partial charge in [0.25, 0.3) is 0 Å². The molecule has 0 heterocycles. The molecule has 0 aromatic heterocycles. The minimum atomic E-state index is 0.645. The summed E-state index contributed by atoms with van der Waals surface area (Å²) >= 11 is 0. The summed E-state index contributed by atoms with van der Waals surface area (Å²) in [5.41, 5.74) is 27.4. The molecule has 0 saturated carbocycles. The van der Waals surface area contributed by atoms with Crippen molar-refractivity contribution in [2.45, 2.75) is 51.4 Å². The van der Waals surface area contributed by atoms with Gasteiger partial charge >= 0.3 is 0 Å². The first-order valence-electron chi connectivity index (χ1n) is 24.8. The third kappa shape index (κ3) is 24.7. The number of ether oxygens (including phenoxy) is 4. The van der Waals surface area contributed by atoms with E-state index in [0.717, 1.165) is 193 Å². The predicted molar refractivity (Wildman–Crippen MR) is 280 cm³/mol. The van der Waals surface area contributed by atoms with Gasteiger partial charge in [-0.05, 0) is 72.7 Å². The first-order chi connectivity index (χ1) is 31.5. The maximum Gasteiger partial charge on any atom is 0.123 e. The zero-order valence-corrected chi connectivity index (χ0v) is 42.8. The molecule has 0 saturated heterocycles. The van der Waals surface area contributed by atoms with Gasteiger partial charge in [0.05, 0.1) is 135 Å². The number of nitrogens with two attached hydrogens (primary N) is 4. The molecule has 0 aliphatic carbocycles. The minimum absolute atomic E-state index is 0.645. The van der Waals surface area contributed by atoms with Crippen molar-refractivity contribution >= 4 is 24.3 Å². The van der Waals surface area contributed by atoms with Crippen LogP contribution in [0.1, 0.15) is 73.6 Å². The lowest BCUT2D eigenvalue weighted by Crippen LogP contribution is -2.42. The standard InChI is InChI=1S/C54H94N8O4/c1-59(2,29-9-25-55)33-13-37-63-51-41-49(42-52(45-51)64-38-14-34-60(3,4)30-10-26-56)23-21-47-17-19-48(20-18-47)22-24-50-43-53(65-39-15-35-61(5,6)31-11-27-57)46-54(44-50)66-40-16-36-62(7,8)32-12-28-58/h17-24,41-46H,9-16,25-40,55-58H2,1-8H3/q+4/b23-21+,24-22+. The van der Waals surface area contributed by atoms with Gasteiger partial charge in [0.1, 0.15) is 23.0 Å². The molecule has 12 heteroatoms. The number of rotatable bonds is 36. The third-order valence-corrected chi connectivity index (χ3v) is 12.3. The van der Waals surface area contributed by atoms with Crippen molar-refractivity contribution in [2.24, 2.45) is 22.9 Å². The molecular weight excluding hydrogens is 825 g/mol. The fourth-order valence-corrected chi connectivity index (χ4v) is 8.07. The van der Waals surface area contributed by atoms with E-state index in [0.29, 0.717) is 26.4 Å². The average molecular weight is 919 g/mol. The van der Waals surface area contributed by atoms with E-state index in [-0.39, 0.29) is 0 Å². The number of quaternary nitrogens is 4. The van der Waals surface area contributed by atoms with Crippen molar-refractivity contribution in [3.05, 3.63) is 82.9 Å². The van der Waals surface area contributed by atoms with Gasteiger partial charge in [0.2, 0.25) is 0 Å². The molecule has 370 valence electrons. The lowest BCUT2D eigenvalue weighted by atomic mass is 10.1. The summed E-state index contributed by atoms with van der Waals surface area (Å²) in [4.78, 5) is 0. The van der Waals surface area contributed by atoms with Crippen LogP contribution in [0.3, 0.4) is 0 Å². The van der Waals surface area contributed by atoms with Crippen molar-refractivity contribution in [2.75, 3.05) is 161 Å². The van der Waals surface area contributed by atoms with Crippen LogP contribution in [0.25, 0.3) is 24.3 Å². The largest absolute Gasteiger partial charge is 0.493 e. The lowest BCUT2D eigenvalue weighted by Gasteiger charge is -2.29. The van der Waals surface area contributed by atoms with Crippen LogP contribution in [0.5, 0.6) is 23.0 Å². The molecule has 3 rings (SSSR count). The van der Waals surface area contributed by atoms with Crippen LogP contribution in [-0.2, 0) is 0 Å². The van der Waals surface area contributed by atoms with Crippen LogP contribution in [0, 0.1) is 0 Å². The van der Waals surface area contributed by atoms with Crippen molar-refractivity contribution < 1.29 is 36.9 Å². The number of benzene rings is 3. The molecule has 66 heavy (non-hydrogen) atoms. The minimum Gasteiger partial charge on any atom is -0.493 e. The van der Waals surface area contributed by atoms with Gasteiger partial charge in [-0.15, -0.1) is 0 Å². The Morgan fingerprint density at radius 3 is 0.758 bits per heavy atom. The van der Waals surface area contributed by atoms with E-state index in [2.05, 4.69) is 129 Å². The Hall–Kier alpha value is -3.98. The van der Waals surface area contributed by atoms with Gasteiger partial charge in [0.15, 0.2) is 0 Å². The highest BCUT2D eigenvalue weighted by atomic mass is 16.5.